The number of nitrogens with two attached hydrogens (primary N) is 1. The van der Waals surface area contributed by atoms with Gasteiger partial charge in [0.1, 0.15) is 0 Å². The van der Waals surface area contributed by atoms with Gasteiger partial charge in [-0.1, -0.05) is 19.8 Å². The van der Waals surface area contributed by atoms with Crippen LogP contribution in [-0.4, -0.2) is 5.78 Å². The Morgan fingerprint density at radius 3 is 2.44 bits per heavy atom. The highest BCUT2D eigenvalue weighted by Crippen LogP contribution is 2.20. The molecule has 0 saturated heterocycles. The largest absolute Gasteiger partial charge is 0.398 e. The van der Waals surface area contributed by atoms with Crippen LogP contribution in [0.15, 0.2) is 12.1 Å². The van der Waals surface area contributed by atoms with Gasteiger partial charge in [-0.05, 0) is 43.5 Å². The Morgan fingerprint density at radius 1 is 1.19 bits per heavy atom. The summed E-state index contributed by atoms with van der Waals surface area (Å²) in [6.07, 6.45) is 3.81. The summed E-state index contributed by atoms with van der Waals surface area (Å²) in [5, 5.41) is 0. The van der Waals surface area contributed by atoms with Gasteiger partial charge in [0.05, 0.1) is 0 Å². The van der Waals surface area contributed by atoms with Crippen LogP contribution in [0.3, 0.4) is 0 Å². The van der Waals surface area contributed by atoms with Crippen LogP contribution in [0, 0.1) is 13.8 Å². The summed E-state index contributed by atoms with van der Waals surface area (Å²) in [4.78, 5) is 11.9. The van der Waals surface area contributed by atoms with Crippen LogP contribution in [0.1, 0.15) is 54.1 Å². The van der Waals surface area contributed by atoms with Gasteiger partial charge in [0.2, 0.25) is 0 Å². The summed E-state index contributed by atoms with van der Waals surface area (Å²) in [7, 11) is 0. The van der Waals surface area contributed by atoms with Crippen molar-refractivity contribution in [3.8, 4) is 0 Å². The number of benzene rings is 1. The Hall–Kier alpha value is -1.31. The van der Waals surface area contributed by atoms with Gasteiger partial charge in [-0.3, -0.25) is 4.79 Å². The number of hydrogen-bond acceptors (Lipinski definition) is 2. The molecule has 0 heterocycles. The van der Waals surface area contributed by atoms with Crippen LogP contribution in [0.25, 0.3) is 0 Å². The molecule has 1 aromatic carbocycles. The average molecular weight is 219 g/mol. The van der Waals surface area contributed by atoms with E-state index in [1.165, 1.54) is 0 Å². The van der Waals surface area contributed by atoms with Crippen molar-refractivity contribution in [1.29, 1.82) is 0 Å². The number of ketones is 1. The third-order valence-corrected chi connectivity index (χ3v) is 2.97. The molecule has 0 aliphatic carbocycles. The Balaban J connectivity index is 2.79. The number of hydrogen-bond donors (Lipinski definition) is 1. The highest BCUT2D eigenvalue weighted by Gasteiger charge is 2.10. The quantitative estimate of drug-likeness (QED) is 0.466. The highest BCUT2D eigenvalue weighted by molar-refractivity contribution is 6.01. The molecule has 88 valence electrons. The van der Waals surface area contributed by atoms with Crippen LogP contribution in [0.2, 0.25) is 0 Å². The molecule has 0 amide bonds. The monoisotopic (exact) mass is 219 g/mol. The number of nitrogen functional groups attached to an aromatic ring is 1. The maximum atomic E-state index is 11.9. The van der Waals surface area contributed by atoms with E-state index in [0.29, 0.717) is 17.7 Å². The first-order valence-corrected chi connectivity index (χ1v) is 5.96. The summed E-state index contributed by atoms with van der Waals surface area (Å²) in [6, 6.07) is 3.81. The number of Topliss-reactive ketones (excluding diaryl/α,β-unsaturated/α-hetero) is 1. The molecule has 0 unspecified atom stereocenters. The van der Waals surface area contributed by atoms with E-state index in [-0.39, 0.29) is 5.78 Å². The normalized spacial score (nSPS) is 10.4. The second-order valence-corrected chi connectivity index (χ2v) is 4.40. The van der Waals surface area contributed by atoms with E-state index < -0.39 is 0 Å². The van der Waals surface area contributed by atoms with Crippen molar-refractivity contribution >= 4 is 11.5 Å². The van der Waals surface area contributed by atoms with E-state index in [4.69, 9.17) is 5.73 Å². The zero-order chi connectivity index (χ0) is 12.1. The number of carbonyl (C=O) groups excluding carboxylic acids is 1. The summed E-state index contributed by atoms with van der Waals surface area (Å²) >= 11 is 0. The van der Waals surface area contributed by atoms with E-state index in [9.17, 15) is 4.79 Å². The molecule has 2 nitrogen and oxygen atoms in total. The lowest BCUT2D eigenvalue weighted by Gasteiger charge is -2.08. The Bertz CT molecular complexity index is 383. The zero-order valence-corrected chi connectivity index (χ0v) is 10.5. The molecule has 16 heavy (non-hydrogen) atoms. The fourth-order valence-corrected chi connectivity index (χ4v) is 1.75. The molecule has 1 aromatic rings. The fourth-order valence-electron chi connectivity index (χ4n) is 1.75. The van der Waals surface area contributed by atoms with Crippen molar-refractivity contribution in [3.05, 3.63) is 28.8 Å². The minimum absolute atomic E-state index is 0.175. The van der Waals surface area contributed by atoms with Crippen LogP contribution in [-0.2, 0) is 0 Å². The SMILES string of the molecule is CCCCCC(=O)c1cc(C)c(C)cc1N. The molecular weight excluding hydrogens is 198 g/mol. The zero-order valence-electron chi connectivity index (χ0n) is 10.5. The minimum atomic E-state index is 0.175. The fraction of sp³-hybridized carbons (Fsp3) is 0.500. The number of aryl methyl sites for hydroxylation is 2. The van der Waals surface area contributed by atoms with Crippen LogP contribution < -0.4 is 5.73 Å². The predicted molar refractivity (Wildman–Crippen MR) is 68.8 cm³/mol. The first-order valence-electron chi connectivity index (χ1n) is 5.96. The summed E-state index contributed by atoms with van der Waals surface area (Å²) in [5.41, 5.74) is 9.46. The minimum Gasteiger partial charge on any atom is -0.398 e. The maximum Gasteiger partial charge on any atom is 0.164 e. The lowest BCUT2D eigenvalue weighted by atomic mass is 9.98. The van der Waals surface area contributed by atoms with Crippen molar-refractivity contribution < 1.29 is 4.79 Å². The van der Waals surface area contributed by atoms with E-state index >= 15 is 0 Å². The molecule has 0 saturated carbocycles. The van der Waals surface area contributed by atoms with Gasteiger partial charge < -0.3 is 5.73 Å². The summed E-state index contributed by atoms with van der Waals surface area (Å²) in [5.74, 6) is 0.175. The molecular formula is C14H21NO. The van der Waals surface area contributed by atoms with Gasteiger partial charge >= 0.3 is 0 Å². The first-order chi connectivity index (χ1) is 7.56. The molecule has 2 heteroatoms. The van der Waals surface area contributed by atoms with Gasteiger partial charge in [0, 0.05) is 17.7 Å². The molecule has 0 aromatic heterocycles. The Labute approximate surface area is 97.9 Å². The van der Waals surface area contributed by atoms with E-state index in [2.05, 4.69) is 6.92 Å². The van der Waals surface area contributed by atoms with E-state index in [0.717, 1.165) is 30.4 Å². The van der Waals surface area contributed by atoms with Gasteiger partial charge in [0.25, 0.3) is 0 Å². The Morgan fingerprint density at radius 2 is 1.81 bits per heavy atom. The van der Waals surface area contributed by atoms with Gasteiger partial charge in [-0.15, -0.1) is 0 Å². The van der Waals surface area contributed by atoms with Gasteiger partial charge in [0.15, 0.2) is 5.78 Å². The lowest BCUT2D eigenvalue weighted by Crippen LogP contribution is -2.05. The molecule has 0 spiro atoms. The second kappa shape index (κ2) is 5.69. The maximum absolute atomic E-state index is 11.9. The topological polar surface area (TPSA) is 43.1 Å². The van der Waals surface area contributed by atoms with Gasteiger partial charge in [-0.25, -0.2) is 0 Å². The van der Waals surface area contributed by atoms with Crippen molar-refractivity contribution in [2.75, 3.05) is 5.73 Å². The molecule has 0 atom stereocenters. The second-order valence-electron chi connectivity index (χ2n) is 4.40. The van der Waals surface area contributed by atoms with Crippen LogP contribution in [0.5, 0.6) is 0 Å². The molecule has 0 bridgehead atoms. The van der Waals surface area contributed by atoms with Gasteiger partial charge in [-0.2, -0.15) is 0 Å². The van der Waals surface area contributed by atoms with Crippen molar-refractivity contribution in [3.63, 3.8) is 0 Å². The van der Waals surface area contributed by atoms with E-state index in [1.54, 1.807) is 0 Å². The van der Waals surface area contributed by atoms with Crippen molar-refractivity contribution in [2.24, 2.45) is 0 Å². The summed E-state index contributed by atoms with van der Waals surface area (Å²) in [6.45, 7) is 6.16. The molecule has 2 N–H and O–H groups in total. The van der Waals surface area contributed by atoms with Crippen molar-refractivity contribution in [1.82, 2.24) is 0 Å². The smallest absolute Gasteiger partial charge is 0.164 e. The van der Waals surface area contributed by atoms with Crippen molar-refractivity contribution in [2.45, 2.75) is 46.5 Å². The first kappa shape index (κ1) is 12.8. The third kappa shape index (κ3) is 3.09. The molecule has 0 fully saturated rings. The molecule has 1 rings (SSSR count). The lowest BCUT2D eigenvalue weighted by molar-refractivity contribution is 0.0980. The third-order valence-electron chi connectivity index (χ3n) is 2.97. The number of rotatable bonds is 5. The molecule has 0 aliphatic heterocycles. The average Bonchev–Trinajstić information content (AvgIpc) is 2.23. The standard InChI is InChI=1S/C14H21NO/c1-4-5-6-7-14(16)12-8-10(2)11(3)9-13(12)15/h8-9H,4-7,15H2,1-3H3. The van der Waals surface area contributed by atoms with Crippen LogP contribution >= 0.6 is 0 Å². The summed E-state index contributed by atoms with van der Waals surface area (Å²) < 4.78 is 0. The molecule has 0 aliphatic rings. The van der Waals surface area contributed by atoms with Crippen LogP contribution in [0.4, 0.5) is 5.69 Å². The molecule has 0 radical (unpaired) electrons. The highest BCUT2D eigenvalue weighted by atomic mass is 16.1. The number of anilines is 1. The number of carbonyl (C=O) groups is 1. The van der Waals surface area contributed by atoms with E-state index in [1.807, 2.05) is 26.0 Å². The predicted octanol–water partition coefficient (Wildman–Crippen LogP) is 3.65. The Kier molecular flexibility index (Phi) is 4.53. The number of unbranched alkanes of at least 4 members (excludes halogenated alkanes) is 2.